The van der Waals surface area contributed by atoms with E-state index in [4.69, 9.17) is 4.74 Å². The minimum atomic E-state index is -0.476. The summed E-state index contributed by atoms with van der Waals surface area (Å²) in [6.07, 6.45) is 2.38. The van der Waals surface area contributed by atoms with Crippen molar-refractivity contribution in [1.29, 1.82) is 0 Å². The van der Waals surface area contributed by atoms with Gasteiger partial charge in [-0.25, -0.2) is 4.98 Å². The monoisotopic (exact) mass is 260 g/mol. The number of pyridine rings is 1. The molecule has 0 aliphatic rings. The zero-order chi connectivity index (χ0) is 13.7. The van der Waals surface area contributed by atoms with E-state index in [9.17, 15) is 4.39 Å². The molecule has 0 saturated heterocycles. The van der Waals surface area contributed by atoms with Gasteiger partial charge in [-0.15, -0.1) is 0 Å². The zero-order valence-corrected chi connectivity index (χ0v) is 11.1. The number of rotatable bonds is 5. The topological polar surface area (TPSA) is 34.2 Å². The summed E-state index contributed by atoms with van der Waals surface area (Å²) in [5, 5.41) is 3.34. The van der Waals surface area contributed by atoms with Crippen molar-refractivity contribution >= 4 is 5.69 Å². The lowest BCUT2D eigenvalue weighted by atomic mass is 10.0. The molecule has 3 nitrogen and oxygen atoms in total. The largest absolute Gasteiger partial charge is 0.496 e. The first-order chi connectivity index (χ1) is 9.24. The molecule has 2 aromatic rings. The van der Waals surface area contributed by atoms with Crippen LogP contribution in [0.25, 0.3) is 0 Å². The van der Waals surface area contributed by atoms with Crippen LogP contribution in [0.4, 0.5) is 10.1 Å². The van der Waals surface area contributed by atoms with Crippen LogP contribution in [0.15, 0.2) is 42.6 Å². The highest BCUT2D eigenvalue weighted by Crippen LogP contribution is 2.29. The van der Waals surface area contributed by atoms with Gasteiger partial charge in [0.2, 0.25) is 5.95 Å². The van der Waals surface area contributed by atoms with E-state index >= 15 is 0 Å². The molecule has 0 amide bonds. The molecule has 0 bridgehead atoms. The third-order valence-corrected chi connectivity index (χ3v) is 2.99. The van der Waals surface area contributed by atoms with Crippen LogP contribution in [0.3, 0.4) is 0 Å². The fraction of sp³-hybridized carbons (Fsp3) is 0.267. The Bertz CT molecular complexity index is 528. The Labute approximate surface area is 112 Å². The number of halogens is 1. The van der Waals surface area contributed by atoms with Crippen LogP contribution < -0.4 is 10.1 Å². The summed E-state index contributed by atoms with van der Waals surface area (Å²) in [4.78, 5) is 3.64. The lowest BCUT2D eigenvalue weighted by Crippen LogP contribution is -2.11. The lowest BCUT2D eigenvalue weighted by molar-refractivity contribution is 0.406. The Kier molecular flexibility index (Phi) is 4.34. The van der Waals surface area contributed by atoms with Gasteiger partial charge < -0.3 is 10.1 Å². The van der Waals surface area contributed by atoms with Crippen molar-refractivity contribution in [1.82, 2.24) is 4.98 Å². The smallest absolute Gasteiger partial charge is 0.212 e. The molecule has 1 unspecified atom stereocenters. The maximum Gasteiger partial charge on any atom is 0.212 e. The highest BCUT2D eigenvalue weighted by Gasteiger charge is 2.13. The summed E-state index contributed by atoms with van der Waals surface area (Å²) in [6.45, 7) is 2.08. The summed E-state index contributed by atoms with van der Waals surface area (Å²) in [5.74, 6) is 0.368. The predicted molar refractivity (Wildman–Crippen MR) is 73.8 cm³/mol. The van der Waals surface area contributed by atoms with Crippen molar-refractivity contribution in [2.24, 2.45) is 0 Å². The Hall–Kier alpha value is -2.10. The van der Waals surface area contributed by atoms with Gasteiger partial charge in [0.15, 0.2) is 0 Å². The Morgan fingerprint density at radius 1 is 1.26 bits per heavy atom. The molecule has 1 N–H and O–H groups in total. The Morgan fingerprint density at radius 2 is 2.05 bits per heavy atom. The first-order valence-electron chi connectivity index (χ1n) is 6.25. The Balaban J connectivity index is 2.22. The zero-order valence-electron chi connectivity index (χ0n) is 11.1. The standard InChI is InChI=1S/C15H17FN2O/c1-3-13(12-6-4-5-7-14(12)19-2)18-11-8-9-15(16)17-10-11/h4-10,13,18H,3H2,1-2H3. The number of ether oxygens (including phenoxy) is 1. The molecular weight excluding hydrogens is 243 g/mol. The quantitative estimate of drug-likeness (QED) is 0.830. The summed E-state index contributed by atoms with van der Waals surface area (Å²) in [7, 11) is 1.66. The normalized spacial score (nSPS) is 11.9. The van der Waals surface area contributed by atoms with Gasteiger partial charge in [-0.05, 0) is 24.6 Å². The van der Waals surface area contributed by atoms with Crippen molar-refractivity contribution in [3.8, 4) is 5.75 Å². The van der Waals surface area contributed by atoms with Crippen LogP contribution in [-0.4, -0.2) is 12.1 Å². The van der Waals surface area contributed by atoms with E-state index in [0.717, 1.165) is 23.4 Å². The molecule has 0 spiro atoms. The molecule has 19 heavy (non-hydrogen) atoms. The minimum Gasteiger partial charge on any atom is -0.496 e. The molecule has 0 saturated carbocycles. The van der Waals surface area contributed by atoms with E-state index in [1.807, 2.05) is 24.3 Å². The summed E-state index contributed by atoms with van der Waals surface area (Å²) >= 11 is 0. The number of benzene rings is 1. The number of aromatic nitrogens is 1. The fourth-order valence-electron chi connectivity index (χ4n) is 2.02. The second-order valence-electron chi connectivity index (χ2n) is 4.22. The number of para-hydroxylation sites is 1. The average Bonchev–Trinajstić information content (AvgIpc) is 2.46. The summed E-state index contributed by atoms with van der Waals surface area (Å²) in [6, 6.07) is 11.0. The predicted octanol–water partition coefficient (Wildman–Crippen LogP) is 3.79. The van der Waals surface area contributed by atoms with Crippen LogP contribution >= 0.6 is 0 Å². The fourth-order valence-corrected chi connectivity index (χ4v) is 2.02. The van der Waals surface area contributed by atoms with Gasteiger partial charge in [0, 0.05) is 5.56 Å². The molecule has 4 heteroatoms. The summed E-state index contributed by atoms with van der Waals surface area (Å²) < 4.78 is 18.2. The van der Waals surface area contributed by atoms with Crippen molar-refractivity contribution in [2.45, 2.75) is 19.4 Å². The van der Waals surface area contributed by atoms with E-state index < -0.39 is 5.95 Å². The van der Waals surface area contributed by atoms with Crippen LogP contribution in [0.1, 0.15) is 24.9 Å². The number of nitrogens with zero attached hydrogens (tertiary/aromatic N) is 1. The van der Waals surface area contributed by atoms with E-state index in [1.54, 1.807) is 13.2 Å². The molecule has 1 heterocycles. The summed E-state index contributed by atoms with van der Waals surface area (Å²) in [5.41, 5.74) is 1.87. The molecule has 100 valence electrons. The van der Waals surface area contributed by atoms with Crippen molar-refractivity contribution < 1.29 is 9.13 Å². The third-order valence-electron chi connectivity index (χ3n) is 2.99. The number of nitrogens with one attached hydrogen (secondary N) is 1. The van der Waals surface area contributed by atoms with E-state index in [1.165, 1.54) is 12.3 Å². The average molecular weight is 260 g/mol. The third kappa shape index (κ3) is 3.22. The van der Waals surface area contributed by atoms with Gasteiger partial charge in [0.05, 0.1) is 25.0 Å². The molecule has 0 aliphatic heterocycles. The highest BCUT2D eigenvalue weighted by atomic mass is 19.1. The van der Waals surface area contributed by atoms with Crippen LogP contribution in [0.5, 0.6) is 5.75 Å². The number of hydrogen-bond acceptors (Lipinski definition) is 3. The second kappa shape index (κ2) is 6.18. The van der Waals surface area contributed by atoms with Gasteiger partial charge in [-0.2, -0.15) is 4.39 Å². The van der Waals surface area contributed by atoms with Crippen LogP contribution in [0.2, 0.25) is 0 Å². The second-order valence-corrected chi connectivity index (χ2v) is 4.22. The number of anilines is 1. The van der Waals surface area contributed by atoms with E-state index in [-0.39, 0.29) is 6.04 Å². The maximum atomic E-state index is 12.8. The van der Waals surface area contributed by atoms with Crippen LogP contribution in [-0.2, 0) is 0 Å². The van der Waals surface area contributed by atoms with E-state index in [2.05, 4.69) is 17.2 Å². The highest BCUT2D eigenvalue weighted by molar-refractivity contribution is 5.46. The minimum absolute atomic E-state index is 0.100. The molecule has 0 fully saturated rings. The van der Waals surface area contributed by atoms with Gasteiger partial charge in [-0.3, -0.25) is 0 Å². The first-order valence-corrected chi connectivity index (χ1v) is 6.25. The van der Waals surface area contributed by atoms with Crippen molar-refractivity contribution in [3.05, 3.63) is 54.1 Å². The van der Waals surface area contributed by atoms with E-state index in [0.29, 0.717) is 0 Å². The molecular formula is C15H17FN2O. The van der Waals surface area contributed by atoms with Gasteiger partial charge >= 0.3 is 0 Å². The lowest BCUT2D eigenvalue weighted by Gasteiger charge is -2.20. The van der Waals surface area contributed by atoms with Crippen molar-refractivity contribution in [2.75, 3.05) is 12.4 Å². The molecule has 1 atom stereocenters. The van der Waals surface area contributed by atoms with Crippen LogP contribution in [0, 0.1) is 5.95 Å². The Morgan fingerprint density at radius 3 is 2.68 bits per heavy atom. The van der Waals surface area contributed by atoms with Gasteiger partial charge in [0.1, 0.15) is 5.75 Å². The maximum absolute atomic E-state index is 12.8. The molecule has 0 aliphatic carbocycles. The first kappa shape index (κ1) is 13.3. The molecule has 1 aromatic heterocycles. The van der Waals surface area contributed by atoms with Gasteiger partial charge in [0.25, 0.3) is 0 Å². The number of hydrogen-bond donors (Lipinski definition) is 1. The number of methoxy groups -OCH3 is 1. The molecule has 1 aromatic carbocycles. The SMILES string of the molecule is CCC(Nc1ccc(F)nc1)c1ccccc1OC. The van der Waals surface area contributed by atoms with Crippen molar-refractivity contribution in [3.63, 3.8) is 0 Å². The molecule has 0 radical (unpaired) electrons. The molecule has 2 rings (SSSR count). The van der Waals surface area contributed by atoms with Gasteiger partial charge in [-0.1, -0.05) is 25.1 Å².